The number of carbonyl (C=O) groups excluding carboxylic acids is 1. The molecular formula is C16H20N4O2S. The predicted molar refractivity (Wildman–Crippen MR) is 93.5 cm³/mol. The zero-order chi connectivity index (χ0) is 16.8. The minimum atomic E-state index is -0.335. The average Bonchev–Trinajstić information content (AvgIpc) is 2.85. The van der Waals surface area contributed by atoms with Crippen LogP contribution in [0.5, 0.6) is 0 Å². The van der Waals surface area contributed by atoms with Gasteiger partial charge in [-0.1, -0.05) is 17.3 Å². The molecule has 0 saturated carbocycles. The summed E-state index contributed by atoms with van der Waals surface area (Å²) in [4.78, 5) is 12.2. The number of carbonyl (C=O) groups is 1. The van der Waals surface area contributed by atoms with E-state index in [1.54, 1.807) is 13.8 Å². The Balaban J connectivity index is 1.93. The second-order valence-electron chi connectivity index (χ2n) is 5.20. The van der Waals surface area contributed by atoms with Crippen LogP contribution in [0.4, 0.5) is 5.69 Å². The van der Waals surface area contributed by atoms with Crippen LogP contribution < -0.4 is 16.4 Å². The highest BCUT2D eigenvalue weighted by molar-refractivity contribution is 7.80. The molecule has 2 aromatic rings. The molecule has 6 nitrogen and oxygen atoms in total. The van der Waals surface area contributed by atoms with E-state index >= 15 is 0 Å². The topological polar surface area (TPSA) is 93.2 Å². The fourth-order valence-corrected chi connectivity index (χ4v) is 2.41. The second kappa shape index (κ2) is 7.85. The van der Waals surface area contributed by atoms with Crippen LogP contribution in [0.25, 0.3) is 0 Å². The molecule has 0 aliphatic rings. The van der Waals surface area contributed by atoms with Crippen LogP contribution in [0.15, 0.2) is 28.8 Å². The number of rotatable bonds is 5. The van der Waals surface area contributed by atoms with Gasteiger partial charge in [-0.25, -0.2) is 0 Å². The van der Waals surface area contributed by atoms with Gasteiger partial charge < -0.3 is 15.6 Å². The minimum Gasteiger partial charge on any atom is -0.361 e. The van der Waals surface area contributed by atoms with Gasteiger partial charge in [0.05, 0.1) is 5.69 Å². The van der Waals surface area contributed by atoms with Crippen molar-refractivity contribution in [3.63, 3.8) is 0 Å². The first-order chi connectivity index (χ1) is 11.0. The maximum Gasteiger partial charge on any atom is 0.262 e. The van der Waals surface area contributed by atoms with Gasteiger partial charge in [0, 0.05) is 5.69 Å². The molecule has 0 bridgehead atoms. The molecule has 0 fully saturated rings. The van der Waals surface area contributed by atoms with Gasteiger partial charge in [0.25, 0.3) is 5.91 Å². The van der Waals surface area contributed by atoms with Crippen LogP contribution in [0.2, 0.25) is 0 Å². The fourth-order valence-electron chi connectivity index (χ4n) is 2.20. The van der Waals surface area contributed by atoms with Crippen LogP contribution in [-0.2, 0) is 6.42 Å². The molecule has 7 heteroatoms. The number of hydrogen-bond acceptors (Lipinski definition) is 5. The van der Waals surface area contributed by atoms with Crippen molar-refractivity contribution < 1.29 is 9.32 Å². The molecule has 0 radical (unpaired) electrons. The lowest BCUT2D eigenvalue weighted by Crippen LogP contribution is -2.34. The minimum absolute atomic E-state index is 0.227. The van der Waals surface area contributed by atoms with Gasteiger partial charge >= 0.3 is 0 Å². The van der Waals surface area contributed by atoms with Crippen molar-refractivity contribution in [3.05, 3.63) is 46.8 Å². The summed E-state index contributed by atoms with van der Waals surface area (Å²) >= 11 is 5.16. The standard InChI is InChI=1S/C16H20N4O2S/c1-10-14(11(2)22-20-10)15(21)19-16(23)18-13-7-5-12(6-8-13)4-3-9-17/h5-8H,3-4,9,17H2,1-2H3,(H2,18,19,21,23). The number of benzene rings is 1. The lowest BCUT2D eigenvalue weighted by molar-refractivity contribution is 0.0976. The highest BCUT2D eigenvalue weighted by Gasteiger charge is 2.18. The fraction of sp³-hybridized carbons (Fsp3) is 0.312. The molecule has 122 valence electrons. The average molecular weight is 332 g/mol. The third kappa shape index (κ3) is 4.61. The number of aryl methyl sites for hydroxylation is 3. The van der Waals surface area contributed by atoms with Crippen molar-refractivity contribution in [2.24, 2.45) is 5.73 Å². The number of amides is 1. The van der Waals surface area contributed by atoms with Crippen molar-refractivity contribution in [2.75, 3.05) is 11.9 Å². The highest BCUT2D eigenvalue weighted by Crippen LogP contribution is 2.13. The molecule has 23 heavy (non-hydrogen) atoms. The molecule has 1 aromatic heterocycles. The molecule has 2 rings (SSSR count). The molecule has 0 spiro atoms. The van der Waals surface area contributed by atoms with Crippen molar-refractivity contribution >= 4 is 28.9 Å². The molecule has 0 aliphatic heterocycles. The second-order valence-corrected chi connectivity index (χ2v) is 5.60. The van der Waals surface area contributed by atoms with Crippen molar-refractivity contribution in [1.29, 1.82) is 0 Å². The summed E-state index contributed by atoms with van der Waals surface area (Å²) in [5.74, 6) is 0.130. The van der Waals surface area contributed by atoms with Crippen LogP contribution >= 0.6 is 12.2 Å². The zero-order valence-corrected chi connectivity index (χ0v) is 14.0. The van der Waals surface area contributed by atoms with Gasteiger partial charge in [-0.3, -0.25) is 10.1 Å². The maximum atomic E-state index is 12.2. The normalized spacial score (nSPS) is 10.4. The van der Waals surface area contributed by atoms with Gasteiger partial charge in [-0.15, -0.1) is 0 Å². The van der Waals surface area contributed by atoms with E-state index in [1.807, 2.05) is 24.3 Å². The van der Waals surface area contributed by atoms with Crippen molar-refractivity contribution in [2.45, 2.75) is 26.7 Å². The summed E-state index contributed by atoms with van der Waals surface area (Å²) in [6.45, 7) is 4.07. The van der Waals surface area contributed by atoms with Crippen molar-refractivity contribution in [1.82, 2.24) is 10.5 Å². The quantitative estimate of drug-likeness (QED) is 0.728. The molecule has 1 heterocycles. The van der Waals surface area contributed by atoms with E-state index in [9.17, 15) is 4.79 Å². The summed E-state index contributed by atoms with van der Waals surface area (Å²) in [5, 5.41) is 9.59. The first-order valence-corrected chi connectivity index (χ1v) is 7.76. The predicted octanol–water partition coefficient (Wildman–Crippen LogP) is 2.31. The summed E-state index contributed by atoms with van der Waals surface area (Å²) in [6.07, 6.45) is 1.91. The van der Waals surface area contributed by atoms with E-state index in [2.05, 4.69) is 15.8 Å². The lowest BCUT2D eigenvalue weighted by Gasteiger charge is -2.10. The van der Waals surface area contributed by atoms with Gasteiger partial charge in [-0.05, 0) is 63.1 Å². The first kappa shape index (κ1) is 17.1. The Morgan fingerprint density at radius 2 is 2.00 bits per heavy atom. The summed E-state index contributed by atoms with van der Waals surface area (Å²) in [7, 11) is 0. The molecule has 0 saturated heterocycles. The van der Waals surface area contributed by atoms with Gasteiger partial charge in [0.15, 0.2) is 5.11 Å². The molecule has 1 aromatic carbocycles. The number of nitrogens with two attached hydrogens (primary N) is 1. The van der Waals surface area contributed by atoms with E-state index in [1.165, 1.54) is 5.56 Å². The highest BCUT2D eigenvalue weighted by atomic mass is 32.1. The summed E-state index contributed by atoms with van der Waals surface area (Å²) < 4.78 is 4.98. The van der Waals surface area contributed by atoms with Crippen LogP contribution in [0, 0.1) is 13.8 Å². The largest absolute Gasteiger partial charge is 0.361 e. The molecular weight excluding hydrogens is 312 g/mol. The van der Waals surface area contributed by atoms with Crippen LogP contribution in [-0.4, -0.2) is 22.7 Å². The maximum absolute atomic E-state index is 12.2. The first-order valence-electron chi connectivity index (χ1n) is 7.35. The Labute approximate surface area is 140 Å². The lowest BCUT2D eigenvalue weighted by atomic mass is 10.1. The molecule has 1 amide bonds. The summed E-state index contributed by atoms with van der Waals surface area (Å²) in [5.41, 5.74) is 8.47. The van der Waals surface area contributed by atoms with Crippen LogP contribution in [0.1, 0.15) is 33.8 Å². The third-order valence-electron chi connectivity index (χ3n) is 3.37. The SMILES string of the molecule is Cc1noc(C)c1C(=O)NC(=S)Nc1ccc(CCCN)cc1. The Morgan fingerprint density at radius 3 is 2.57 bits per heavy atom. The van der Waals surface area contributed by atoms with E-state index in [4.69, 9.17) is 22.5 Å². The van der Waals surface area contributed by atoms with Crippen LogP contribution in [0.3, 0.4) is 0 Å². The molecule has 0 unspecified atom stereocenters. The smallest absolute Gasteiger partial charge is 0.262 e. The number of aromatic nitrogens is 1. The third-order valence-corrected chi connectivity index (χ3v) is 3.57. The number of nitrogens with one attached hydrogen (secondary N) is 2. The van der Waals surface area contributed by atoms with E-state index < -0.39 is 0 Å². The number of anilines is 1. The summed E-state index contributed by atoms with van der Waals surface area (Å²) in [6, 6.07) is 7.86. The van der Waals surface area contributed by atoms with Gasteiger partial charge in [0.2, 0.25) is 0 Å². The van der Waals surface area contributed by atoms with Crippen molar-refractivity contribution in [3.8, 4) is 0 Å². The van der Waals surface area contributed by atoms with E-state index in [0.29, 0.717) is 23.6 Å². The van der Waals surface area contributed by atoms with Gasteiger partial charge in [-0.2, -0.15) is 0 Å². The van der Waals surface area contributed by atoms with Gasteiger partial charge in [0.1, 0.15) is 11.3 Å². The Bertz CT molecular complexity index is 675. The Hall–Kier alpha value is -2.25. The number of nitrogens with zero attached hydrogens (tertiary/aromatic N) is 1. The molecule has 4 N–H and O–H groups in total. The van der Waals surface area contributed by atoms with E-state index in [-0.39, 0.29) is 11.0 Å². The molecule has 0 aliphatic carbocycles. The zero-order valence-electron chi connectivity index (χ0n) is 13.2. The number of hydrogen-bond donors (Lipinski definition) is 3. The number of thiocarbonyl (C=S) groups is 1. The van der Waals surface area contributed by atoms with E-state index in [0.717, 1.165) is 18.5 Å². The Kier molecular flexibility index (Phi) is 5.84. The monoisotopic (exact) mass is 332 g/mol. The molecule has 0 atom stereocenters. The Morgan fingerprint density at radius 1 is 1.30 bits per heavy atom.